The SMILES string of the molecule is O=C(CC1CC2CCC1C2)NNc1cccc2ncccc12. The lowest BCUT2D eigenvalue weighted by atomic mass is 9.86. The van der Waals surface area contributed by atoms with Crippen LogP contribution in [0.4, 0.5) is 5.69 Å². The summed E-state index contributed by atoms with van der Waals surface area (Å²) in [6, 6.07) is 9.79. The summed E-state index contributed by atoms with van der Waals surface area (Å²) in [6.07, 6.45) is 7.72. The van der Waals surface area contributed by atoms with Gasteiger partial charge >= 0.3 is 0 Å². The van der Waals surface area contributed by atoms with Gasteiger partial charge in [-0.1, -0.05) is 12.5 Å². The topological polar surface area (TPSA) is 54.0 Å². The summed E-state index contributed by atoms with van der Waals surface area (Å²) in [5, 5.41) is 1.02. The van der Waals surface area contributed by atoms with E-state index in [9.17, 15) is 4.79 Å². The molecule has 2 aliphatic rings. The number of hydrogen-bond acceptors (Lipinski definition) is 3. The van der Waals surface area contributed by atoms with Crippen molar-refractivity contribution in [3.63, 3.8) is 0 Å². The number of nitrogens with zero attached hydrogens (tertiary/aromatic N) is 1. The number of fused-ring (bicyclic) bond motifs is 3. The molecule has 4 nitrogen and oxygen atoms in total. The van der Waals surface area contributed by atoms with E-state index < -0.39 is 0 Å². The highest BCUT2D eigenvalue weighted by Crippen LogP contribution is 2.49. The van der Waals surface area contributed by atoms with Crippen molar-refractivity contribution in [2.75, 3.05) is 5.43 Å². The van der Waals surface area contributed by atoms with Crippen molar-refractivity contribution >= 4 is 22.5 Å². The molecule has 4 rings (SSSR count). The Bertz CT molecular complexity index is 694. The van der Waals surface area contributed by atoms with Gasteiger partial charge in [-0.15, -0.1) is 0 Å². The van der Waals surface area contributed by atoms with Crippen LogP contribution in [0.1, 0.15) is 32.1 Å². The molecule has 4 heteroatoms. The van der Waals surface area contributed by atoms with Crippen LogP contribution in [0.2, 0.25) is 0 Å². The van der Waals surface area contributed by atoms with Crippen LogP contribution in [0.5, 0.6) is 0 Å². The van der Waals surface area contributed by atoms with Gasteiger partial charge in [0.1, 0.15) is 0 Å². The molecule has 0 spiro atoms. The first-order valence-corrected chi connectivity index (χ1v) is 8.18. The number of rotatable bonds is 4. The third-order valence-electron chi connectivity index (χ3n) is 5.31. The molecule has 2 saturated carbocycles. The zero-order valence-electron chi connectivity index (χ0n) is 12.6. The number of anilines is 1. The highest BCUT2D eigenvalue weighted by atomic mass is 16.2. The van der Waals surface area contributed by atoms with E-state index in [2.05, 4.69) is 15.8 Å². The van der Waals surface area contributed by atoms with Gasteiger partial charge in [0.15, 0.2) is 0 Å². The zero-order valence-corrected chi connectivity index (χ0v) is 12.6. The van der Waals surface area contributed by atoms with E-state index in [1.165, 1.54) is 25.7 Å². The number of amides is 1. The van der Waals surface area contributed by atoms with E-state index in [1.807, 2.05) is 30.3 Å². The average Bonchev–Trinajstić information content (AvgIpc) is 3.15. The molecule has 1 aromatic heterocycles. The molecule has 22 heavy (non-hydrogen) atoms. The van der Waals surface area contributed by atoms with E-state index >= 15 is 0 Å². The summed E-state index contributed by atoms with van der Waals surface area (Å²) in [7, 11) is 0. The van der Waals surface area contributed by atoms with Crippen LogP contribution >= 0.6 is 0 Å². The van der Waals surface area contributed by atoms with Gasteiger partial charge < -0.3 is 0 Å². The highest BCUT2D eigenvalue weighted by molar-refractivity contribution is 5.92. The normalized spacial score (nSPS) is 26.3. The Kier molecular flexibility index (Phi) is 3.45. The maximum atomic E-state index is 12.2. The number of aromatic nitrogens is 1. The molecule has 0 saturated heterocycles. The van der Waals surface area contributed by atoms with E-state index in [0.29, 0.717) is 12.3 Å². The van der Waals surface area contributed by atoms with Crippen LogP contribution in [-0.4, -0.2) is 10.9 Å². The van der Waals surface area contributed by atoms with Crippen molar-refractivity contribution in [2.45, 2.75) is 32.1 Å². The molecular formula is C18H21N3O. The molecule has 3 atom stereocenters. The molecule has 1 heterocycles. The lowest BCUT2D eigenvalue weighted by Crippen LogP contribution is -2.32. The smallest absolute Gasteiger partial charge is 0.238 e. The largest absolute Gasteiger partial charge is 0.298 e. The molecule has 0 radical (unpaired) electrons. The zero-order chi connectivity index (χ0) is 14.9. The molecule has 0 aliphatic heterocycles. The second kappa shape index (κ2) is 5.59. The van der Waals surface area contributed by atoms with Crippen molar-refractivity contribution in [1.82, 2.24) is 10.4 Å². The van der Waals surface area contributed by atoms with E-state index in [0.717, 1.165) is 28.4 Å². The Balaban J connectivity index is 1.38. The van der Waals surface area contributed by atoms with Gasteiger partial charge in [0.25, 0.3) is 0 Å². The number of hydrazine groups is 1. The predicted octanol–water partition coefficient (Wildman–Crippen LogP) is 3.50. The minimum Gasteiger partial charge on any atom is -0.298 e. The summed E-state index contributed by atoms with van der Waals surface area (Å²) in [4.78, 5) is 16.5. The minimum atomic E-state index is 0.0958. The summed E-state index contributed by atoms with van der Waals surface area (Å²) in [5.41, 5.74) is 7.75. The van der Waals surface area contributed by atoms with Gasteiger partial charge in [-0.25, -0.2) is 0 Å². The number of hydrogen-bond donors (Lipinski definition) is 2. The van der Waals surface area contributed by atoms with Crippen molar-refractivity contribution in [3.05, 3.63) is 36.5 Å². The minimum absolute atomic E-state index is 0.0958. The fourth-order valence-electron chi connectivity index (χ4n) is 4.27. The van der Waals surface area contributed by atoms with Gasteiger partial charge in [0, 0.05) is 18.0 Å². The second-order valence-corrected chi connectivity index (χ2v) is 6.69. The molecular weight excluding hydrogens is 274 g/mol. The van der Waals surface area contributed by atoms with E-state index in [-0.39, 0.29) is 5.91 Å². The molecule has 2 aliphatic carbocycles. The van der Waals surface area contributed by atoms with Crippen LogP contribution in [0.3, 0.4) is 0 Å². The van der Waals surface area contributed by atoms with Crippen LogP contribution in [0.15, 0.2) is 36.5 Å². The Morgan fingerprint density at radius 1 is 1.18 bits per heavy atom. The summed E-state index contributed by atoms with van der Waals surface area (Å²) in [5.74, 6) is 2.37. The summed E-state index contributed by atoms with van der Waals surface area (Å²) < 4.78 is 0. The highest BCUT2D eigenvalue weighted by Gasteiger charge is 2.40. The number of carbonyl (C=O) groups is 1. The summed E-state index contributed by atoms with van der Waals surface area (Å²) in [6.45, 7) is 0. The first-order valence-electron chi connectivity index (χ1n) is 8.18. The Morgan fingerprint density at radius 3 is 2.95 bits per heavy atom. The number of pyridine rings is 1. The summed E-state index contributed by atoms with van der Waals surface area (Å²) >= 11 is 0. The van der Waals surface area contributed by atoms with Crippen LogP contribution < -0.4 is 10.9 Å². The Labute approximate surface area is 130 Å². The van der Waals surface area contributed by atoms with Gasteiger partial charge in [0.2, 0.25) is 5.91 Å². The third-order valence-corrected chi connectivity index (χ3v) is 5.31. The van der Waals surface area contributed by atoms with E-state index in [1.54, 1.807) is 6.20 Å². The molecule has 114 valence electrons. The lowest BCUT2D eigenvalue weighted by Gasteiger charge is -2.21. The monoisotopic (exact) mass is 295 g/mol. The van der Waals surface area contributed by atoms with Crippen LogP contribution in [-0.2, 0) is 4.79 Å². The third kappa shape index (κ3) is 2.54. The van der Waals surface area contributed by atoms with Gasteiger partial charge in [-0.2, -0.15) is 0 Å². The quantitative estimate of drug-likeness (QED) is 0.849. The first kappa shape index (κ1) is 13.6. The van der Waals surface area contributed by atoms with Gasteiger partial charge in [-0.3, -0.25) is 20.6 Å². The molecule has 2 N–H and O–H groups in total. The average molecular weight is 295 g/mol. The maximum absolute atomic E-state index is 12.2. The van der Waals surface area contributed by atoms with Crippen molar-refractivity contribution in [2.24, 2.45) is 17.8 Å². The molecule has 3 unspecified atom stereocenters. The van der Waals surface area contributed by atoms with Crippen molar-refractivity contribution in [1.29, 1.82) is 0 Å². The molecule has 1 amide bonds. The molecule has 1 aromatic carbocycles. The maximum Gasteiger partial charge on any atom is 0.238 e. The number of nitrogens with one attached hydrogen (secondary N) is 2. The van der Waals surface area contributed by atoms with Gasteiger partial charge in [0.05, 0.1) is 11.2 Å². The fourth-order valence-corrected chi connectivity index (χ4v) is 4.27. The number of carbonyl (C=O) groups excluding carboxylic acids is 1. The molecule has 2 bridgehead atoms. The lowest BCUT2D eigenvalue weighted by molar-refractivity contribution is -0.121. The predicted molar refractivity (Wildman–Crippen MR) is 87.1 cm³/mol. The van der Waals surface area contributed by atoms with Crippen molar-refractivity contribution < 1.29 is 4.79 Å². The van der Waals surface area contributed by atoms with Crippen LogP contribution in [0.25, 0.3) is 10.9 Å². The Morgan fingerprint density at radius 2 is 2.14 bits per heavy atom. The standard InChI is InChI=1S/C18H21N3O/c22-18(11-14-10-12-6-7-13(14)9-12)21-20-17-5-1-4-16-15(17)3-2-8-19-16/h1-5,8,12-14,20H,6-7,9-11H2,(H,21,22). The first-order chi connectivity index (χ1) is 10.8. The fraction of sp³-hybridized carbons (Fsp3) is 0.444. The Hall–Kier alpha value is -2.10. The van der Waals surface area contributed by atoms with Crippen molar-refractivity contribution in [3.8, 4) is 0 Å². The van der Waals surface area contributed by atoms with Crippen LogP contribution in [0, 0.1) is 17.8 Å². The molecule has 2 aromatic rings. The number of benzene rings is 1. The van der Waals surface area contributed by atoms with Gasteiger partial charge in [-0.05, 0) is 61.3 Å². The second-order valence-electron chi connectivity index (χ2n) is 6.69. The van der Waals surface area contributed by atoms with E-state index in [4.69, 9.17) is 0 Å². The molecule has 2 fully saturated rings.